The second-order valence-corrected chi connectivity index (χ2v) is 8.48. The van der Waals surface area contributed by atoms with Gasteiger partial charge in [-0.1, -0.05) is 35.9 Å². The van der Waals surface area contributed by atoms with Crippen LogP contribution in [0.5, 0.6) is 0 Å². The molecule has 11 heteroatoms. The van der Waals surface area contributed by atoms with E-state index in [4.69, 9.17) is 11.6 Å². The largest absolute Gasteiger partial charge is 0.343 e. The van der Waals surface area contributed by atoms with E-state index in [1.54, 1.807) is 12.1 Å². The van der Waals surface area contributed by atoms with Crippen LogP contribution in [0, 0.1) is 0 Å². The molecule has 1 aliphatic heterocycles. The minimum absolute atomic E-state index is 0.0803. The SMILES string of the molecule is O=S(=O)(NC1=NCN(Cc2ccccc2Cl)CN1)c1cccc2nsnc12. The predicted molar refractivity (Wildman–Crippen MR) is 105 cm³/mol. The van der Waals surface area contributed by atoms with Gasteiger partial charge in [0.15, 0.2) is 0 Å². The van der Waals surface area contributed by atoms with Gasteiger partial charge in [-0.3, -0.25) is 4.90 Å². The zero-order valence-electron chi connectivity index (χ0n) is 14.0. The summed E-state index contributed by atoms with van der Waals surface area (Å²) in [6.07, 6.45) is 0. The third kappa shape index (κ3) is 3.88. The van der Waals surface area contributed by atoms with Crippen molar-refractivity contribution in [2.45, 2.75) is 11.4 Å². The van der Waals surface area contributed by atoms with Gasteiger partial charge in [0, 0.05) is 11.6 Å². The molecule has 0 aliphatic carbocycles. The summed E-state index contributed by atoms with van der Waals surface area (Å²) < 4.78 is 36.0. The summed E-state index contributed by atoms with van der Waals surface area (Å²) in [7, 11) is -3.82. The quantitative estimate of drug-likeness (QED) is 0.667. The van der Waals surface area contributed by atoms with Gasteiger partial charge in [-0.15, -0.1) is 0 Å². The van der Waals surface area contributed by atoms with Crippen molar-refractivity contribution in [3.63, 3.8) is 0 Å². The molecule has 0 spiro atoms. The number of aliphatic imine (C=N–C) groups is 1. The van der Waals surface area contributed by atoms with Gasteiger partial charge in [-0.25, -0.2) is 18.1 Å². The molecule has 0 amide bonds. The van der Waals surface area contributed by atoms with Crippen LogP contribution in [-0.4, -0.2) is 41.4 Å². The molecule has 2 heterocycles. The molecule has 1 aromatic heterocycles. The Balaban J connectivity index is 1.47. The Morgan fingerprint density at radius 1 is 1.19 bits per heavy atom. The summed E-state index contributed by atoms with van der Waals surface area (Å²) in [5.41, 5.74) is 1.89. The minimum atomic E-state index is -3.82. The standard InChI is InChI=1S/C16H15ClN6O2S2/c17-12-5-2-1-4-11(12)8-23-9-18-16(19-10-23)22-27(24,25)14-7-3-6-13-15(14)21-26-20-13/h1-7H,8-10H2,(H2,18,19,22). The van der Waals surface area contributed by atoms with E-state index in [2.05, 4.69) is 23.8 Å². The van der Waals surface area contributed by atoms with E-state index < -0.39 is 10.0 Å². The number of benzene rings is 2. The fraction of sp³-hybridized carbons (Fsp3) is 0.188. The molecular formula is C16H15ClN6O2S2. The first-order valence-corrected chi connectivity index (χ1v) is 10.6. The van der Waals surface area contributed by atoms with Gasteiger partial charge in [0.1, 0.15) is 15.9 Å². The van der Waals surface area contributed by atoms with Crippen molar-refractivity contribution in [1.29, 1.82) is 0 Å². The number of rotatable bonds is 4. The maximum absolute atomic E-state index is 12.7. The number of hydrogen-bond donors (Lipinski definition) is 2. The van der Waals surface area contributed by atoms with Crippen LogP contribution < -0.4 is 10.0 Å². The number of fused-ring (bicyclic) bond motifs is 1. The molecule has 0 saturated heterocycles. The smallest absolute Gasteiger partial charge is 0.266 e. The molecule has 2 aromatic carbocycles. The molecule has 1 aliphatic rings. The van der Waals surface area contributed by atoms with Crippen molar-refractivity contribution < 1.29 is 8.42 Å². The molecule has 2 N–H and O–H groups in total. The Morgan fingerprint density at radius 2 is 2.04 bits per heavy atom. The summed E-state index contributed by atoms with van der Waals surface area (Å²) >= 11 is 7.16. The van der Waals surface area contributed by atoms with Gasteiger partial charge in [0.2, 0.25) is 5.96 Å². The van der Waals surface area contributed by atoms with Gasteiger partial charge < -0.3 is 5.32 Å². The minimum Gasteiger partial charge on any atom is -0.343 e. The summed E-state index contributed by atoms with van der Waals surface area (Å²) in [5.74, 6) is 0.200. The zero-order valence-corrected chi connectivity index (χ0v) is 16.4. The Bertz CT molecular complexity index is 1110. The van der Waals surface area contributed by atoms with Crippen LogP contribution in [0.15, 0.2) is 52.4 Å². The highest BCUT2D eigenvalue weighted by atomic mass is 35.5. The molecular weight excluding hydrogens is 408 g/mol. The van der Waals surface area contributed by atoms with Crippen LogP contribution in [0.1, 0.15) is 5.56 Å². The summed E-state index contributed by atoms with van der Waals surface area (Å²) in [4.78, 5) is 6.36. The number of hydrogen-bond acceptors (Lipinski definition) is 8. The maximum atomic E-state index is 12.7. The number of nitrogens with one attached hydrogen (secondary N) is 2. The normalized spacial score (nSPS) is 15.4. The average Bonchev–Trinajstić information content (AvgIpc) is 3.13. The molecule has 8 nitrogen and oxygen atoms in total. The lowest BCUT2D eigenvalue weighted by atomic mass is 10.2. The topological polar surface area (TPSA) is 99.6 Å². The molecule has 0 fully saturated rings. The lowest BCUT2D eigenvalue weighted by Gasteiger charge is -2.27. The van der Waals surface area contributed by atoms with E-state index in [0.717, 1.165) is 17.3 Å². The molecule has 3 aromatic rings. The number of guanidine groups is 1. The monoisotopic (exact) mass is 422 g/mol. The van der Waals surface area contributed by atoms with Crippen LogP contribution in [0.25, 0.3) is 11.0 Å². The lowest BCUT2D eigenvalue weighted by Crippen LogP contribution is -2.49. The first kappa shape index (κ1) is 18.1. The van der Waals surface area contributed by atoms with E-state index in [-0.39, 0.29) is 10.9 Å². The Kier molecular flexibility index (Phi) is 4.96. The van der Waals surface area contributed by atoms with Crippen LogP contribution in [0.2, 0.25) is 5.02 Å². The predicted octanol–water partition coefficient (Wildman–Crippen LogP) is 2.00. The third-order valence-electron chi connectivity index (χ3n) is 4.02. The highest BCUT2D eigenvalue weighted by Gasteiger charge is 2.23. The molecule has 0 atom stereocenters. The van der Waals surface area contributed by atoms with E-state index in [9.17, 15) is 8.42 Å². The van der Waals surface area contributed by atoms with Crippen molar-refractivity contribution in [2.24, 2.45) is 4.99 Å². The molecule has 0 radical (unpaired) electrons. The van der Waals surface area contributed by atoms with Gasteiger partial charge in [-0.2, -0.15) is 8.75 Å². The number of sulfonamides is 1. The molecule has 140 valence electrons. The second kappa shape index (κ2) is 7.39. The third-order valence-corrected chi connectivity index (χ3v) is 6.30. The van der Waals surface area contributed by atoms with Crippen molar-refractivity contribution in [3.05, 3.63) is 53.1 Å². The summed E-state index contributed by atoms with van der Waals surface area (Å²) in [6, 6.07) is 12.5. The molecule has 0 unspecified atom stereocenters. The number of nitrogens with zero attached hydrogens (tertiary/aromatic N) is 4. The van der Waals surface area contributed by atoms with E-state index in [1.165, 1.54) is 6.07 Å². The zero-order chi connectivity index (χ0) is 18.9. The van der Waals surface area contributed by atoms with Crippen LogP contribution in [0.4, 0.5) is 0 Å². The highest BCUT2D eigenvalue weighted by Crippen LogP contribution is 2.21. The molecule has 0 bridgehead atoms. The molecule has 27 heavy (non-hydrogen) atoms. The highest BCUT2D eigenvalue weighted by molar-refractivity contribution is 7.90. The second-order valence-electron chi connectivity index (χ2n) is 5.90. The van der Waals surface area contributed by atoms with E-state index in [0.29, 0.717) is 35.9 Å². The Morgan fingerprint density at radius 3 is 2.81 bits per heavy atom. The van der Waals surface area contributed by atoms with Crippen molar-refractivity contribution in [3.8, 4) is 0 Å². The van der Waals surface area contributed by atoms with E-state index >= 15 is 0 Å². The van der Waals surface area contributed by atoms with Crippen LogP contribution in [-0.2, 0) is 16.6 Å². The van der Waals surface area contributed by atoms with Gasteiger partial charge in [-0.05, 0) is 23.8 Å². The fourth-order valence-corrected chi connectivity index (χ4v) is 4.65. The summed E-state index contributed by atoms with van der Waals surface area (Å²) in [6.45, 7) is 1.40. The Hall–Kier alpha value is -2.27. The molecule has 4 rings (SSSR count). The van der Waals surface area contributed by atoms with Crippen molar-refractivity contribution in [1.82, 2.24) is 23.7 Å². The number of halogens is 1. The van der Waals surface area contributed by atoms with E-state index in [1.807, 2.05) is 29.2 Å². The maximum Gasteiger partial charge on any atom is 0.266 e. The first-order valence-electron chi connectivity index (χ1n) is 8.01. The Labute approximate surface area is 165 Å². The van der Waals surface area contributed by atoms with Crippen LogP contribution >= 0.6 is 23.3 Å². The van der Waals surface area contributed by atoms with Gasteiger partial charge in [0.05, 0.1) is 25.1 Å². The van der Waals surface area contributed by atoms with Gasteiger partial charge in [0.25, 0.3) is 10.0 Å². The lowest BCUT2D eigenvalue weighted by molar-refractivity contribution is 0.255. The summed E-state index contributed by atoms with van der Waals surface area (Å²) in [5, 5.41) is 3.68. The average molecular weight is 423 g/mol. The van der Waals surface area contributed by atoms with Crippen LogP contribution in [0.3, 0.4) is 0 Å². The van der Waals surface area contributed by atoms with Gasteiger partial charge >= 0.3 is 0 Å². The van der Waals surface area contributed by atoms with Crippen molar-refractivity contribution >= 4 is 50.3 Å². The first-order chi connectivity index (χ1) is 13.0. The van der Waals surface area contributed by atoms with Crippen molar-refractivity contribution in [2.75, 3.05) is 13.3 Å². The molecule has 0 saturated carbocycles. The number of aromatic nitrogens is 2. The fourth-order valence-electron chi connectivity index (χ4n) is 2.69.